The molecule has 2 aromatic rings. The Morgan fingerprint density at radius 1 is 1.56 bits per heavy atom. The molecule has 0 unspecified atom stereocenters. The number of hydrogen-bond donors (Lipinski definition) is 1. The first-order valence-electron chi connectivity index (χ1n) is 6.11. The molecule has 5 heteroatoms. The van der Waals surface area contributed by atoms with E-state index in [-0.39, 0.29) is 5.91 Å². The standard InChI is InChI=1S/C13H15N3OS/c17-13(7-10-3-6-18-9-10)16-5-2-11(8-16)12-1-4-14-15-12/h1,3-4,6,9,11H,2,5,7-8H2,(H,14,15)/t11-/m0/s1. The largest absolute Gasteiger partial charge is 0.342 e. The van der Waals surface area contributed by atoms with E-state index in [9.17, 15) is 4.79 Å². The van der Waals surface area contributed by atoms with Crippen molar-refractivity contribution in [1.29, 1.82) is 0 Å². The number of aromatic nitrogens is 2. The molecule has 0 spiro atoms. The summed E-state index contributed by atoms with van der Waals surface area (Å²) in [6.07, 6.45) is 3.32. The second kappa shape index (κ2) is 4.94. The van der Waals surface area contributed by atoms with Gasteiger partial charge in [0.05, 0.1) is 6.42 Å². The van der Waals surface area contributed by atoms with Crippen LogP contribution in [-0.4, -0.2) is 34.1 Å². The molecule has 0 aromatic carbocycles. The summed E-state index contributed by atoms with van der Waals surface area (Å²) >= 11 is 1.64. The summed E-state index contributed by atoms with van der Waals surface area (Å²) in [5, 5.41) is 11.0. The second-order valence-electron chi connectivity index (χ2n) is 4.65. The van der Waals surface area contributed by atoms with Crippen LogP contribution in [0.3, 0.4) is 0 Å². The highest BCUT2D eigenvalue weighted by atomic mass is 32.1. The normalized spacial score (nSPS) is 19.3. The van der Waals surface area contributed by atoms with Crippen LogP contribution >= 0.6 is 11.3 Å². The zero-order valence-electron chi connectivity index (χ0n) is 10.0. The highest BCUT2D eigenvalue weighted by Gasteiger charge is 2.27. The maximum absolute atomic E-state index is 12.1. The molecule has 18 heavy (non-hydrogen) atoms. The minimum Gasteiger partial charge on any atom is -0.342 e. The van der Waals surface area contributed by atoms with Crippen molar-refractivity contribution >= 4 is 17.2 Å². The van der Waals surface area contributed by atoms with E-state index in [2.05, 4.69) is 10.2 Å². The van der Waals surface area contributed by atoms with Crippen molar-refractivity contribution in [2.45, 2.75) is 18.8 Å². The number of nitrogens with zero attached hydrogens (tertiary/aromatic N) is 2. The van der Waals surface area contributed by atoms with Crippen molar-refractivity contribution in [3.63, 3.8) is 0 Å². The van der Waals surface area contributed by atoms with Crippen molar-refractivity contribution in [3.8, 4) is 0 Å². The third kappa shape index (κ3) is 2.31. The summed E-state index contributed by atoms with van der Waals surface area (Å²) in [7, 11) is 0. The van der Waals surface area contributed by atoms with Gasteiger partial charge in [-0.15, -0.1) is 0 Å². The van der Waals surface area contributed by atoms with Gasteiger partial charge >= 0.3 is 0 Å². The number of hydrogen-bond acceptors (Lipinski definition) is 3. The van der Waals surface area contributed by atoms with Gasteiger partial charge in [0, 0.05) is 30.9 Å². The highest BCUT2D eigenvalue weighted by molar-refractivity contribution is 7.07. The number of amides is 1. The maximum atomic E-state index is 12.1. The summed E-state index contributed by atoms with van der Waals surface area (Å²) in [6, 6.07) is 4.02. The van der Waals surface area contributed by atoms with Gasteiger partial charge in [0.2, 0.25) is 5.91 Å². The van der Waals surface area contributed by atoms with Crippen LogP contribution in [0.2, 0.25) is 0 Å². The van der Waals surface area contributed by atoms with Crippen LogP contribution in [0.4, 0.5) is 0 Å². The first-order valence-corrected chi connectivity index (χ1v) is 7.05. The van der Waals surface area contributed by atoms with Crippen molar-refractivity contribution in [2.24, 2.45) is 0 Å². The summed E-state index contributed by atoms with van der Waals surface area (Å²) in [4.78, 5) is 14.1. The molecule has 2 aromatic heterocycles. The van der Waals surface area contributed by atoms with Gasteiger partial charge in [-0.3, -0.25) is 9.89 Å². The molecule has 3 rings (SSSR count). The Morgan fingerprint density at radius 2 is 2.50 bits per heavy atom. The average Bonchev–Trinajstić information content (AvgIpc) is 3.11. The average molecular weight is 261 g/mol. The Labute approximate surface area is 110 Å². The smallest absolute Gasteiger partial charge is 0.227 e. The van der Waals surface area contributed by atoms with Gasteiger partial charge < -0.3 is 4.90 Å². The predicted octanol–water partition coefficient (Wildman–Crippen LogP) is 2.03. The van der Waals surface area contributed by atoms with Crippen LogP contribution in [0.15, 0.2) is 29.1 Å². The molecular formula is C13H15N3OS. The van der Waals surface area contributed by atoms with Gasteiger partial charge in [0.25, 0.3) is 0 Å². The molecular weight excluding hydrogens is 246 g/mol. The van der Waals surface area contributed by atoms with Crippen molar-refractivity contribution in [1.82, 2.24) is 15.1 Å². The number of aromatic amines is 1. The molecule has 1 fully saturated rings. The summed E-state index contributed by atoms with van der Waals surface area (Å²) in [5.41, 5.74) is 2.26. The van der Waals surface area contributed by atoms with Crippen LogP contribution in [-0.2, 0) is 11.2 Å². The Kier molecular flexibility index (Phi) is 3.15. The molecule has 0 saturated carbocycles. The lowest BCUT2D eigenvalue weighted by Gasteiger charge is -2.15. The SMILES string of the molecule is O=C(Cc1ccsc1)N1CC[C@H](c2ccn[nH]2)C1. The third-order valence-corrected chi connectivity index (χ3v) is 4.17. The minimum absolute atomic E-state index is 0.232. The first kappa shape index (κ1) is 11.5. The molecule has 3 heterocycles. The molecule has 0 radical (unpaired) electrons. The molecule has 1 aliphatic heterocycles. The molecule has 1 amide bonds. The van der Waals surface area contributed by atoms with E-state index in [4.69, 9.17) is 0 Å². The van der Waals surface area contributed by atoms with Gasteiger partial charge in [0.1, 0.15) is 0 Å². The van der Waals surface area contributed by atoms with E-state index in [1.165, 1.54) is 0 Å². The fourth-order valence-electron chi connectivity index (χ4n) is 2.41. The summed E-state index contributed by atoms with van der Waals surface area (Å²) < 4.78 is 0. The molecule has 1 saturated heterocycles. The van der Waals surface area contributed by atoms with Crippen LogP contribution in [0.25, 0.3) is 0 Å². The van der Waals surface area contributed by atoms with Gasteiger partial charge in [-0.05, 0) is 34.9 Å². The summed E-state index contributed by atoms with van der Waals surface area (Å²) in [5.74, 6) is 0.648. The van der Waals surface area contributed by atoms with Crippen LogP contribution in [0, 0.1) is 0 Å². The number of rotatable bonds is 3. The highest BCUT2D eigenvalue weighted by Crippen LogP contribution is 2.25. The summed E-state index contributed by atoms with van der Waals surface area (Å²) in [6.45, 7) is 1.66. The molecule has 0 bridgehead atoms. The predicted molar refractivity (Wildman–Crippen MR) is 70.5 cm³/mol. The fraction of sp³-hybridized carbons (Fsp3) is 0.385. The topological polar surface area (TPSA) is 49.0 Å². The van der Waals surface area contributed by atoms with Gasteiger partial charge in [-0.2, -0.15) is 16.4 Å². The first-order chi connectivity index (χ1) is 8.83. The Morgan fingerprint density at radius 3 is 3.22 bits per heavy atom. The van der Waals surface area contributed by atoms with Crippen molar-refractivity contribution < 1.29 is 4.79 Å². The minimum atomic E-state index is 0.232. The van der Waals surface area contributed by atoms with Crippen LogP contribution in [0.5, 0.6) is 0 Å². The van der Waals surface area contributed by atoms with Gasteiger partial charge in [0.15, 0.2) is 0 Å². The number of carbonyl (C=O) groups is 1. The Hall–Kier alpha value is -1.62. The molecule has 94 valence electrons. The zero-order chi connectivity index (χ0) is 12.4. The quantitative estimate of drug-likeness (QED) is 0.919. The molecule has 1 aliphatic rings. The van der Waals surface area contributed by atoms with E-state index >= 15 is 0 Å². The van der Waals surface area contributed by atoms with E-state index < -0.39 is 0 Å². The molecule has 0 aliphatic carbocycles. The number of H-pyrrole nitrogens is 1. The fourth-order valence-corrected chi connectivity index (χ4v) is 3.08. The van der Waals surface area contributed by atoms with Crippen molar-refractivity contribution in [2.75, 3.05) is 13.1 Å². The second-order valence-corrected chi connectivity index (χ2v) is 5.43. The van der Waals surface area contributed by atoms with Gasteiger partial charge in [-0.1, -0.05) is 0 Å². The monoisotopic (exact) mass is 261 g/mol. The van der Waals surface area contributed by atoms with Crippen LogP contribution < -0.4 is 0 Å². The lowest BCUT2D eigenvalue weighted by molar-refractivity contribution is -0.129. The lowest BCUT2D eigenvalue weighted by atomic mass is 10.1. The Balaban J connectivity index is 1.60. The van der Waals surface area contributed by atoms with E-state index in [1.54, 1.807) is 17.5 Å². The van der Waals surface area contributed by atoms with E-state index in [0.717, 1.165) is 30.8 Å². The molecule has 4 nitrogen and oxygen atoms in total. The Bertz CT molecular complexity index is 506. The van der Waals surface area contributed by atoms with E-state index in [0.29, 0.717) is 12.3 Å². The number of likely N-dealkylation sites (tertiary alicyclic amines) is 1. The van der Waals surface area contributed by atoms with Crippen molar-refractivity contribution in [3.05, 3.63) is 40.3 Å². The number of thiophene rings is 1. The number of carbonyl (C=O) groups excluding carboxylic acids is 1. The number of nitrogens with one attached hydrogen (secondary N) is 1. The molecule has 1 atom stereocenters. The van der Waals surface area contributed by atoms with Crippen LogP contribution in [0.1, 0.15) is 23.6 Å². The molecule has 1 N–H and O–H groups in total. The van der Waals surface area contributed by atoms with E-state index in [1.807, 2.05) is 27.8 Å². The zero-order valence-corrected chi connectivity index (χ0v) is 10.8. The lowest BCUT2D eigenvalue weighted by Crippen LogP contribution is -2.29. The third-order valence-electron chi connectivity index (χ3n) is 3.44. The maximum Gasteiger partial charge on any atom is 0.227 e. The van der Waals surface area contributed by atoms with Gasteiger partial charge in [-0.25, -0.2) is 0 Å².